The van der Waals surface area contributed by atoms with Crippen LogP contribution in [0.2, 0.25) is 0 Å². The van der Waals surface area contributed by atoms with Crippen LogP contribution in [-0.2, 0) is 0 Å². The first kappa shape index (κ1) is 14.4. The largest absolute Gasteiger partial charge is 0.476 e. The highest BCUT2D eigenvalue weighted by atomic mass is 16.4. The minimum atomic E-state index is -1.11. The zero-order valence-electron chi connectivity index (χ0n) is 11.1. The Morgan fingerprint density at radius 1 is 1.50 bits per heavy atom. The van der Waals surface area contributed by atoms with Gasteiger partial charge in [-0.05, 0) is 13.8 Å². The Morgan fingerprint density at radius 2 is 2.11 bits per heavy atom. The summed E-state index contributed by atoms with van der Waals surface area (Å²) in [6, 6.07) is 0. The molecular weight excluding hydrogens is 234 g/mol. The standard InChI is InChI=1S/C12H19N3O3/c1-7(2)10-13-5-8(9(15-10)11(16)17)14-6-12(3,4)18/h5,7,14,18H,6H2,1-4H3,(H,16,17). The third kappa shape index (κ3) is 3.96. The average Bonchev–Trinajstić information content (AvgIpc) is 2.24. The van der Waals surface area contributed by atoms with Crippen LogP contribution in [0, 0.1) is 0 Å². The van der Waals surface area contributed by atoms with Crippen molar-refractivity contribution in [1.82, 2.24) is 9.97 Å². The summed E-state index contributed by atoms with van der Waals surface area (Å²) in [4.78, 5) is 19.2. The molecule has 0 atom stereocenters. The number of carboxylic acid groups (broad SMARTS) is 1. The maximum Gasteiger partial charge on any atom is 0.356 e. The van der Waals surface area contributed by atoms with Crippen LogP contribution in [-0.4, -0.2) is 38.3 Å². The summed E-state index contributed by atoms with van der Waals surface area (Å²) >= 11 is 0. The SMILES string of the molecule is CC(C)c1ncc(NCC(C)(C)O)c(C(=O)O)n1. The van der Waals surface area contributed by atoms with Crippen molar-refractivity contribution in [2.24, 2.45) is 0 Å². The van der Waals surface area contributed by atoms with Gasteiger partial charge in [0.05, 0.1) is 17.5 Å². The van der Waals surface area contributed by atoms with Crippen LogP contribution in [0.1, 0.15) is 49.9 Å². The predicted molar refractivity (Wildman–Crippen MR) is 67.9 cm³/mol. The minimum Gasteiger partial charge on any atom is -0.476 e. The van der Waals surface area contributed by atoms with Gasteiger partial charge in [0.2, 0.25) is 0 Å². The molecule has 1 heterocycles. The molecule has 0 aliphatic heterocycles. The van der Waals surface area contributed by atoms with E-state index >= 15 is 0 Å². The Hall–Kier alpha value is -1.69. The fraction of sp³-hybridized carbons (Fsp3) is 0.583. The number of carbonyl (C=O) groups is 1. The van der Waals surface area contributed by atoms with Crippen molar-refractivity contribution >= 4 is 11.7 Å². The number of anilines is 1. The van der Waals surface area contributed by atoms with Crippen molar-refractivity contribution in [2.45, 2.75) is 39.2 Å². The fourth-order valence-electron chi connectivity index (χ4n) is 1.28. The molecule has 0 aromatic carbocycles. The third-order valence-electron chi connectivity index (χ3n) is 2.24. The summed E-state index contributed by atoms with van der Waals surface area (Å²) in [5.41, 5.74) is -0.695. The molecule has 0 saturated heterocycles. The van der Waals surface area contributed by atoms with Gasteiger partial charge in [0.1, 0.15) is 5.82 Å². The lowest BCUT2D eigenvalue weighted by molar-refractivity contribution is 0.0689. The third-order valence-corrected chi connectivity index (χ3v) is 2.24. The van der Waals surface area contributed by atoms with Crippen LogP contribution >= 0.6 is 0 Å². The molecule has 1 aromatic rings. The Labute approximate surface area is 106 Å². The van der Waals surface area contributed by atoms with E-state index in [0.29, 0.717) is 11.5 Å². The van der Waals surface area contributed by atoms with Gasteiger partial charge in [0.15, 0.2) is 5.69 Å². The molecule has 18 heavy (non-hydrogen) atoms. The molecule has 6 heteroatoms. The predicted octanol–water partition coefficient (Wildman–Crippen LogP) is 1.48. The van der Waals surface area contributed by atoms with Crippen LogP contribution in [0.25, 0.3) is 0 Å². The van der Waals surface area contributed by atoms with Crippen LogP contribution in [0.5, 0.6) is 0 Å². The van der Waals surface area contributed by atoms with Crippen molar-refractivity contribution in [3.63, 3.8) is 0 Å². The second-order valence-corrected chi connectivity index (χ2v) is 5.12. The van der Waals surface area contributed by atoms with E-state index in [4.69, 9.17) is 5.11 Å². The summed E-state index contributed by atoms with van der Waals surface area (Å²) in [5, 5.41) is 21.6. The highest BCUT2D eigenvalue weighted by Crippen LogP contribution is 2.17. The average molecular weight is 253 g/mol. The maximum atomic E-state index is 11.1. The van der Waals surface area contributed by atoms with E-state index in [1.807, 2.05) is 13.8 Å². The molecule has 100 valence electrons. The molecule has 0 amide bonds. The first-order chi connectivity index (χ1) is 8.20. The number of hydrogen-bond donors (Lipinski definition) is 3. The Morgan fingerprint density at radius 3 is 2.56 bits per heavy atom. The molecule has 1 aromatic heterocycles. The van der Waals surface area contributed by atoms with E-state index in [1.54, 1.807) is 13.8 Å². The Bertz CT molecular complexity index is 439. The summed E-state index contributed by atoms with van der Waals surface area (Å²) in [7, 11) is 0. The molecule has 1 rings (SSSR count). The molecule has 0 spiro atoms. The lowest BCUT2D eigenvalue weighted by Gasteiger charge is -2.19. The summed E-state index contributed by atoms with van der Waals surface area (Å²) < 4.78 is 0. The van der Waals surface area contributed by atoms with Crippen molar-refractivity contribution in [3.8, 4) is 0 Å². The number of aliphatic hydroxyl groups is 1. The first-order valence-electron chi connectivity index (χ1n) is 5.77. The van der Waals surface area contributed by atoms with Crippen LogP contribution in [0.15, 0.2) is 6.20 Å². The normalized spacial score (nSPS) is 11.7. The van der Waals surface area contributed by atoms with Gasteiger partial charge in [-0.15, -0.1) is 0 Å². The van der Waals surface area contributed by atoms with Crippen LogP contribution < -0.4 is 5.32 Å². The Balaban J connectivity index is 3.01. The molecule has 0 aliphatic rings. The smallest absolute Gasteiger partial charge is 0.356 e. The second kappa shape index (κ2) is 5.30. The van der Waals surface area contributed by atoms with Gasteiger partial charge >= 0.3 is 5.97 Å². The lowest BCUT2D eigenvalue weighted by atomic mass is 10.1. The molecule has 0 aliphatic carbocycles. The molecule has 0 bridgehead atoms. The number of nitrogens with one attached hydrogen (secondary N) is 1. The number of aromatic carboxylic acids is 1. The topological polar surface area (TPSA) is 95.3 Å². The van der Waals surface area contributed by atoms with Crippen molar-refractivity contribution in [2.75, 3.05) is 11.9 Å². The molecular formula is C12H19N3O3. The van der Waals surface area contributed by atoms with Crippen LogP contribution in [0.4, 0.5) is 5.69 Å². The summed E-state index contributed by atoms with van der Waals surface area (Å²) in [5.74, 6) is -0.565. The number of carboxylic acids is 1. The molecule has 0 saturated carbocycles. The van der Waals surface area contributed by atoms with Gasteiger partial charge in [0.25, 0.3) is 0 Å². The summed E-state index contributed by atoms with van der Waals surface area (Å²) in [6.45, 7) is 7.26. The first-order valence-corrected chi connectivity index (χ1v) is 5.77. The van der Waals surface area contributed by atoms with E-state index in [0.717, 1.165) is 0 Å². The van der Waals surface area contributed by atoms with Gasteiger partial charge in [-0.1, -0.05) is 13.8 Å². The zero-order chi connectivity index (χ0) is 13.9. The molecule has 0 unspecified atom stereocenters. The molecule has 3 N–H and O–H groups in total. The number of hydrogen-bond acceptors (Lipinski definition) is 5. The number of aromatic nitrogens is 2. The van der Waals surface area contributed by atoms with E-state index in [2.05, 4.69) is 15.3 Å². The Kier molecular flexibility index (Phi) is 4.24. The molecule has 0 fully saturated rings. The maximum absolute atomic E-state index is 11.1. The second-order valence-electron chi connectivity index (χ2n) is 5.12. The van der Waals surface area contributed by atoms with E-state index in [1.165, 1.54) is 6.20 Å². The van der Waals surface area contributed by atoms with E-state index in [-0.39, 0.29) is 18.2 Å². The van der Waals surface area contributed by atoms with Crippen LogP contribution in [0.3, 0.4) is 0 Å². The van der Waals surface area contributed by atoms with E-state index < -0.39 is 11.6 Å². The monoisotopic (exact) mass is 253 g/mol. The molecule has 0 radical (unpaired) electrons. The van der Waals surface area contributed by atoms with Gasteiger partial charge in [-0.3, -0.25) is 0 Å². The van der Waals surface area contributed by atoms with Gasteiger partial charge in [-0.2, -0.15) is 0 Å². The van der Waals surface area contributed by atoms with Gasteiger partial charge in [0, 0.05) is 12.5 Å². The summed E-state index contributed by atoms with van der Waals surface area (Å²) in [6.07, 6.45) is 1.44. The van der Waals surface area contributed by atoms with Gasteiger partial charge in [-0.25, -0.2) is 14.8 Å². The lowest BCUT2D eigenvalue weighted by Crippen LogP contribution is -2.30. The zero-order valence-corrected chi connectivity index (χ0v) is 11.1. The quantitative estimate of drug-likeness (QED) is 0.735. The van der Waals surface area contributed by atoms with Crippen molar-refractivity contribution in [3.05, 3.63) is 17.7 Å². The van der Waals surface area contributed by atoms with Crippen molar-refractivity contribution in [1.29, 1.82) is 0 Å². The highest BCUT2D eigenvalue weighted by molar-refractivity contribution is 5.91. The number of rotatable bonds is 5. The highest BCUT2D eigenvalue weighted by Gasteiger charge is 2.18. The number of nitrogens with zero attached hydrogens (tertiary/aromatic N) is 2. The molecule has 6 nitrogen and oxygen atoms in total. The minimum absolute atomic E-state index is 0.0615. The fourth-order valence-corrected chi connectivity index (χ4v) is 1.28. The van der Waals surface area contributed by atoms with E-state index in [9.17, 15) is 9.90 Å². The van der Waals surface area contributed by atoms with Crippen molar-refractivity contribution < 1.29 is 15.0 Å². The van der Waals surface area contributed by atoms with Gasteiger partial charge < -0.3 is 15.5 Å².